The molecule has 6 nitrogen and oxygen atoms in total. The molecule has 24 heavy (non-hydrogen) atoms. The second-order valence-electron chi connectivity index (χ2n) is 5.11. The third-order valence-corrected chi connectivity index (χ3v) is 3.62. The molecule has 0 aliphatic carbocycles. The molecule has 3 rings (SSSR count). The number of hydrogen-bond donors (Lipinski definition) is 1. The number of aromatic nitrogens is 3. The van der Waals surface area contributed by atoms with Gasteiger partial charge in [0.05, 0.1) is 5.02 Å². The summed E-state index contributed by atoms with van der Waals surface area (Å²) in [7, 11) is 0. The average Bonchev–Trinajstić information content (AvgIpc) is 2.98. The molecule has 0 saturated carbocycles. The number of aryl methyl sites for hydroxylation is 1. The molecule has 0 unspecified atom stereocenters. The number of nitrogens with zero attached hydrogens (tertiary/aromatic N) is 3. The Balaban J connectivity index is 1.67. The van der Waals surface area contributed by atoms with E-state index in [9.17, 15) is 0 Å². The Morgan fingerprint density at radius 2 is 1.96 bits per heavy atom. The van der Waals surface area contributed by atoms with Gasteiger partial charge < -0.3 is 14.6 Å². The molecule has 2 heterocycles. The maximum absolute atomic E-state index is 6.04. The zero-order valence-electron chi connectivity index (χ0n) is 13.0. The molecule has 0 saturated heterocycles. The van der Waals surface area contributed by atoms with Crippen molar-refractivity contribution in [3.8, 4) is 11.6 Å². The predicted octanol–water partition coefficient (Wildman–Crippen LogP) is 5.05. The molecule has 1 N–H and O–H groups in total. The van der Waals surface area contributed by atoms with Crippen LogP contribution in [0.15, 0.2) is 41.1 Å². The molecular weight excluding hydrogens is 351 g/mol. The second-order valence-corrected chi connectivity index (χ2v) is 5.96. The van der Waals surface area contributed by atoms with E-state index < -0.39 is 0 Å². The van der Waals surface area contributed by atoms with Crippen molar-refractivity contribution in [2.24, 2.45) is 0 Å². The lowest BCUT2D eigenvalue weighted by Gasteiger charge is -2.12. The van der Waals surface area contributed by atoms with Gasteiger partial charge >= 0.3 is 0 Å². The van der Waals surface area contributed by atoms with Crippen LogP contribution in [0.3, 0.4) is 0 Å². The monoisotopic (exact) mass is 364 g/mol. The van der Waals surface area contributed by atoms with Crippen LogP contribution in [0.1, 0.15) is 24.7 Å². The van der Waals surface area contributed by atoms with Crippen molar-refractivity contribution in [3.63, 3.8) is 0 Å². The summed E-state index contributed by atoms with van der Waals surface area (Å²) in [6.07, 6.45) is 1.48. The number of hydrogen-bond acceptors (Lipinski definition) is 6. The van der Waals surface area contributed by atoms with Gasteiger partial charge in [0.15, 0.2) is 5.82 Å². The van der Waals surface area contributed by atoms with Gasteiger partial charge in [-0.25, -0.2) is 4.98 Å². The number of rotatable bonds is 5. The van der Waals surface area contributed by atoms with Crippen molar-refractivity contribution in [1.82, 2.24) is 15.1 Å². The molecule has 0 radical (unpaired) electrons. The average molecular weight is 365 g/mol. The fraction of sp³-hybridized carbons (Fsp3) is 0.188. The number of pyridine rings is 1. The molecule has 0 bridgehead atoms. The van der Waals surface area contributed by atoms with E-state index in [0.717, 1.165) is 5.69 Å². The first-order valence-corrected chi connectivity index (χ1v) is 7.92. The number of halogens is 2. The van der Waals surface area contributed by atoms with Crippen molar-refractivity contribution in [3.05, 3.63) is 58.3 Å². The van der Waals surface area contributed by atoms with Gasteiger partial charge in [-0.05, 0) is 44.2 Å². The first-order valence-electron chi connectivity index (χ1n) is 7.17. The molecule has 1 aromatic carbocycles. The van der Waals surface area contributed by atoms with E-state index in [1.807, 2.05) is 19.1 Å². The van der Waals surface area contributed by atoms with Gasteiger partial charge in [0.2, 0.25) is 11.8 Å². The highest BCUT2D eigenvalue weighted by Crippen LogP contribution is 2.30. The van der Waals surface area contributed by atoms with Crippen molar-refractivity contribution < 1.29 is 9.26 Å². The summed E-state index contributed by atoms with van der Waals surface area (Å²) in [5.41, 5.74) is 0.890. The van der Waals surface area contributed by atoms with Gasteiger partial charge in [-0.15, -0.1) is 0 Å². The molecule has 2 aromatic heterocycles. The topological polar surface area (TPSA) is 73.1 Å². The Morgan fingerprint density at radius 1 is 1.21 bits per heavy atom. The van der Waals surface area contributed by atoms with Crippen LogP contribution in [0.4, 0.5) is 5.69 Å². The summed E-state index contributed by atoms with van der Waals surface area (Å²) in [5, 5.41) is 7.86. The van der Waals surface area contributed by atoms with Crippen LogP contribution in [0, 0.1) is 6.92 Å². The summed E-state index contributed by atoms with van der Waals surface area (Å²) in [6.45, 7) is 3.72. The molecule has 0 fully saturated rings. The Bertz CT molecular complexity index is 836. The van der Waals surface area contributed by atoms with Crippen molar-refractivity contribution in [2.75, 3.05) is 5.32 Å². The van der Waals surface area contributed by atoms with Crippen LogP contribution >= 0.6 is 23.2 Å². The fourth-order valence-corrected chi connectivity index (χ4v) is 2.43. The van der Waals surface area contributed by atoms with Gasteiger partial charge in [-0.1, -0.05) is 28.4 Å². The number of nitrogens with one attached hydrogen (secondary N) is 1. The second kappa shape index (κ2) is 7.07. The van der Waals surface area contributed by atoms with Crippen LogP contribution in [0.25, 0.3) is 0 Å². The summed E-state index contributed by atoms with van der Waals surface area (Å²) in [4.78, 5) is 8.25. The molecule has 0 aliphatic rings. The van der Waals surface area contributed by atoms with Gasteiger partial charge in [0, 0.05) is 11.9 Å². The molecular formula is C16H14Cl2N4O2. The minimum atomic E-state index is -0.106. The van der Waals surface area contributed by atoms with E-state index in [1.165, 1.54) is 6.20 Å². The quantitative estimate of drug-likeness (QED) is 0.683. The van der Waals surface area contributed by atoms with Crippen molar-refractivity contribution >= 4 is 28.9 Å². The van der Waals surface area contributed by atoms with Gasteiger partial charge in [-0.2, -0.15) is 4.98 Å². The first kappa shape index (κ1) is 16.5. The highest BCUT2D eigenvalue weighted by molar-refractivity contribution is 6.35. The minimum Gasteiger partial charge on any atom is -0.438 e. The first-order chi connectivity index (χ1) is 11.5. The normalized spacial score (nSPS) is 12.0. The summed E-state index contributed by atoms with van der Waals surface area (Å²) in [5.74, 6) is 2.05. The molecule has 8 heteroatoms. The Labute approximate surface area is 148 Å². The van der Waals surface area contributed by atoms with Gasteiger partial charge in [0.25, 0.3) is 0 Å². The molecule has 3 aromatic rings. The maximum Gasteiger partial charge on any atom is 0.248 e. The molecule has 0 aliphatic heterocycles. The highest BCUT2D eigenvalue weighted by Gasteiger charge is 2.12. The lowest BCUT2D eigenvalue weighted by Crippen LogP contribution is -2.06. The van der Waals surface area contributed by atoms with E-state index in [-0.39, 0.29) is 6.04 Å². The summed E-state index contributed by atoms with van der Waals surface area (Å²) >= 11 is 11.9. The zero-order chi connectivity index (χ0) is 17.1. The standard InChI is InChI=1S/C16H14Cl2N4O2/c1-9(15-21-10(2)22-24-15)20-12-3-5-13(6-4-12)23-16-14(18)7-11(17)8-19-16/h3-9,20H,1-2H3/t9-/m1/s1. The molecule has 1 atom stereocenters. The number of anilines is 1. The Kier molecular flexibility index (Phi) is 4.87. The van der Waals surface area contributed by atoms with Crippen LogP contribution in [0.2, 0.25) is 10.0 Å². The third-order valence-electron chi connectivity index (χ3n) is 3.14. The lowest BCUT2D eigenvalue weighted by atomic mass is 10.2. The highest BCUT2D eigenvalue weighted by atomic mass is 35.5. The van der Waals surface area contributed by atoms with Gasteiger partial charge in [0.1, 0.15) is 16.8 Å². The van der Waals surface area contributed by atoms with E-state index in [2.05, 4.69) is 20.4 Å². The van der Waals surface area contributed by atoms with Crippen molar-refractivity contribution in [2.45, 2.75) is 19.9 Å². The van der Waals surface area contributed by atoms with Crippen LogP contribution in [-0.2, 0) is 0 Å². The Morgan fingerprint density at radius 3 is 2.58 bits per heavy atom. The minimum absolute atomic E-state index is 0.106. The van der Waals surface area contributed by atoms with Crippen LogP contribution in [0.5, 0.6) is 11.6 Å². The number of ether oxygens (including phenoxy) is 1. The Hall–Kier alpha value is -2.31. The smallest absolute Gasteiger partial charge is 0.248 e. The van der Waals surface area contributed by atoms with Crippen molar-refractivity contribution in [1.29, 1.82) is 0 Å². The van der Waals surface area contributed by atoms with E-state index >= 15 is 0 Å². The van der Waals surface area contributed by atoms with Crippen LogP contribution in [-0.4, -0.2) is 15.1 Å². The molecule has 0 amide bonds. The predicted molar refractivity (Wildman–Crippen MR) is 91.8 cm³/mol. The summed E-state index contributed by atoms with van der Waals surface area (Å²) in [6, 6.07) is 8.83. The fourth-order valence-electron chi connectivity index (χ4n) is 2.01. The maximum atomic E-state index is 6.04. The van der Waals surface area contributed by atoms with E-state index in [1.54, 1.807) is 25.1 Å². The largest absolute Gasteiger partial charge is 0.438 e. The van der Waals surface area contributed by atoms with E-state index in [4.69, 9.17) is 32.5 Å². The SMILES string of the molecule is Cc1noc([C@@H](C)Nc2ccc(Oc3ncc(Cl)cc3Cl)cc2)n1. The summed E-state index contributed by atoms with van der Waals surface area (Å²) < 4.78 is 10.8. The molecule has 124 valence electrons. The number of benzene rings is 1. The van der Waals surface area contributed by atoms with Gasteiger partial charge in [-0.3, -0.25) is 0 Å². The van der Waals surface area contributed by atoms with Crippen LogP contribution < -0.4 is 10.1 Å². The third kappa shape index (κ3) is 3.96. The van der Waals surface area contributed by atoms with E-state index in [0.29, 0.717) is 33.4 Å². The lowest BCUT2D eigenvalue weighted by molar-refractivity contribution is 0.364. The molecule has 0 spiro atoms. The zero-order valence-corrected chi connectivity index (χ0v) is 14.5.